The third-order valence-electron chi connectivity index (χ3n) is 7.76. The molecule has 1 aliphatic heterocycles. The van der Waals surface area contributed by atoms with Crippen LogP contribution < -0.4 is 11.1 Å². The molecule has 0 saturated carbocycles. The van der Waals surface area contributed by atoms with Crippen molar-refractivity contribution in [3.63, 3.8) is 0 Å². The van der Waals surface area contributed by atoms with Crippen molar-refractivity contribution in [1.29, 1.82) is 0 Å². The Hall–Kier alpha value is -5.34. The molecule has 1 fully saturated rings. The van der Waals surface area contributed by atoms with Gasteiger partial charge in [0, 0.05) is 61.9 Å². The molecule has 0 radical (unpaired) electrons. The van der Waals surface area contributed by atoms with Crippen molar-refractivity contribution < 1.29 is 33.4 Å². The number of primary amides is 1. The molecule has 1 aromatic carbocycles. The van der Waals surface area contributed by atoms with Gasteiger partial charge < -0.3 is 25.8 Å². The fraction of sp³-hybridized carbons (Fsp3) is 0.441. The topological polar surface area (TPSA) is 188 Å². The van der Waals surface area contributed by atoms with Crippen molar-refractivity contribution in [2.75, 3.05) is 26.7 Å². The summed E-state index contributed by atoms with van der Waals surface area (Å²) >= 11 is 0. The SMILES string of the molecule is C=C(Cn1nc(C2CCN(C(=O)CCC)CC2)c2c(-c3cc4c(cnn4C)cc3F)ccnc21)NCCC(=O)OC.CC.NC=O.O=CO. The number of nitrogens with one attached hydrogen (secondary N) is 1. The predicted octanol–water partition coefficient (Wildman–Crippen LogP) is 4.13. The van der Waals surface area contributed by atoms with Gasteiger partial charge in [-0.25, -0.2) is 14.1 Å². The lowest BCUT2D eigenvalue weighted by atomic mass is 9.89. The fourth-order valence-electron chi connectivity index (χ4n) is 5.58. The molecule has 0 aliphatic carbocycles. The molecular weight excluding hydrogens is 635 g/mol. The summed E-state index contributed by atoms with van der Waals surface area (Å²) in [6, 6.07) is 5.17. The lowest BCUT2D eigenvalue weighted by Gasteiger charge is -2.31. The number of rotatable bonds is 10. The first-order valence-corrected chi connectivity index (χ1v) is 16.1. The van der Waals surface area contributed by atoms with E-state index in [0.717, 1.165) is 41.2 Å². The summed E-state index contributed by atoms with van der Waals surface area (Å²) < 4.78 is 23.8. The van der Waals surface area contributed by atoms with Gasteiger partial charge in [0.2, 0.25) is 12.3 Å². The number of carbonyl (C=O) groups excluding carboxylic acids is 3. The molecule has 0 spiro atoms. The van der Waals surface area contributed by atoms with Crippen molar-refractivity contribution in [3.8, 4) is 11.1 Å². The molecule has 2 amide bonds. The average molecular weight is 683 g/mol. The summed E-state index contributed by atoms with van der Waals surface area (Å²) in [7, 11) is 3.19. The number of ether oxygens (including phenoxy) is 1. The smallest absolute Gasteiger partial charge is 0.307 e. The maximum absolute atomic E-state index is 15.6. The van der Waals surface area contributed by atoms with Gasteiger partial charge in [-0.3, -0.25) is 23.9 Å². The van der Waals surface area contributed by atoms with Gasteiger partial charge in [-0.1, -0.05) is 27.4 Å². The number of hydrogen-bond donors (Lipinski definition) is 3. The second kappa shape index (κ2) is 20.1. The summed E-state index contributed by atoms with van der Waals surface area (Å²) in [5, 5.41) is 20.9. The maximum Gasteiger partial charge on any atom is 0.307 e. The molecule has 0 bridgehead atoms. The Morgan fingerprint density at radius 3 is 2.45 bits per heavy atom. The zero-order valence-corrected chi connectivity index (χ0v) is 28.8. The highest BCUT2D eigenvalue weighted by Crippen LogP contribution is 2.39. The maximum atomic E-state index is 15.6. The van der Waals surface area contributed by atoms with E-state index >= 15 is 4.39 Å². The normalized spacial score (nSPS) is 12.4. The standard InChI is InChI=1S/C30H36FN7O3.C2H6.CH3NO.CH2O2/c1-5-6-26(39)37-13-9-20(10-14-37)29-28-22(23-16-25-21(15-24(23)31)17-34-36(25)3)7-11-33-30(28)38(35-29)18-19(2)32-12-8-27(40)41-4;1-2;2*2-1-3/h7,11,15-17,20,32H,2,5-6,8-10,12-14,18H2,1,3-4H3;1-2H3;1H,(H2,2,3);1H,(H,2,3). The van der Waals surface area contributed by atoms with Crippen LogP contribution in [0.3, 0.4) is 0 Å². The summed E-state index contributed by atoms with van der Waals surface area (Å²) in [6.07, 6.45) is 6.69. The van der Waals surface area contributed by atoms with Crippen LogP contribution in [0.15, 0.2) is 42.9 Å². The minimum atomic E-state index is -0.342. The molecule has 49 heavy (non-hydrogen) atoms. The number of amides is 2. The van der Waals surface area contributed by atoms with Crippen molar-refractivity contribution in [1.82, 2.24) is 34.8 Å². The Morgan fingerprint density at radius 1 is 1.18 bits per heavy atom. The molecule has 4 N–H and O–H groups in total. The number of esters is 1. The van der Waals surface area contributed by atoms with Crippen molar-refractivity contribution in [3.05, 3.63) is 54.4 Å². The number of hydrogen-bond acceptors (Lipinski definition) is 9. The van der Waals surface area contributed by atoms with Crippen molar-refractivity contribution >= 4 is 46.7 Å². The molecule has 0 atom stereocenters. The molecule has 3 aromatic heterocycles. The van der Waals surface area contributed by atoms with Gasteiger partial charge in [-0.2, -0.15) is 10.2 Å². The number of nitrogens with zero attached hydrogens (tertiary/aromatic N) is 6. The Labute approximate surface area is 285 Å². The number of allylic oxidation sites excluding steroid dienone is 1. The minimum Gasteiger partial charge on any atom is -0.483 e. The van der Waals surface area contributed by atoms with E-state index in [2.05, 4.69) is 27.7 Å². The third-order valence-corrected chi connectivity index (χ3v) is 7.76. The van der Waals surface area contributed by atoms with Crippen LogP contribution in [-0.2, 0) is 37.5 Å². The monoisotopic (exact) mass is 682 g/mol. The number of aryl methyl sites for hydroxylation is 1. The number of aromatic nitrogens is 5. The van der Waals surface area contributed by atoms with Crippen LogP contribution in [0.1, 0.15) is 64.5 Å². The van der Waals surface area contributed by atoms with Crippen LogP contribution in [0.25, 0.3) is 33.1 Å². The van der Waals surface area contributed by atoms with E-state index in [1.54, 1.807) is 21.8 Å². The highest BCUT2D eigenvalue weighted by Gasteiger charge is 2.29. The number of nitrogens with two attached hydrogens (primary N) is 1. The second-order valence-corrected chi connectivity index (χ2v) is 10.8. The number of likely N-dealkylation sites (tertiary alicyclic amines) is 1. The van der Waals surface area contributed by atoms with Gasteiger partial charge in [0.15, 0.2) is 5.65 Å². The van der Waals surface area contributed by atoms with Gasteiger partial charge in [0.1, 0.15) is 5.82 Å². The van der Waals surface area contributed by atoms with E-state index in [1.807, 2.05) is 44.9 Å². The summed E-state index contributed by atoms with van der Waals surface area (Å²) in [4.78, 5) is 47.6. The number of halogens is 1. The lowest BCUT2D eigenvalue weighted by molar-refractivity contribution is -0.140. The summed E-state index contributed by atoms with van der Waals surface area (Å²) in [6.45, 7) is 11.9. The number of benzene rings is 1. The van der Waals surface area contributed by atoms with Crippen LogP contribution in [0.2, 0.25) is 0 Å². The highest BCUT2D eigenvalue weighted by atomic mass is 19.1. The van der Waals surface area contributed by atoms with Crippen LogP contribution in [0.5, 0.6) is 0 Å². The number of piperidine rings is 1. The van der Waals surface area contributed by atoms with E-state index < -0.39 is 0 Å². The van der Waals surface area contributed by atoms with Gasteiger partial charge in [-0.15, -0.1) is 0 Å². The minimum absolute atomic E-state index is 0.0800. The quantitative estimate of drug-likeness (QED) is 0.162. The summed E-state index contributed by atoms with van der Waals surface area (Å²) in [5.74, 6) is -0.383. The second-order valence-electron chi connectivity index (χ2n) is 10.8. The lowest BCUT2D eigenvalue weighted by Crippen LogP contribution is -2.37. The molecule has 266 valence electrons. The molecule has 5 rings (SSSR count). The molecule has 14 nitrogen and oxygen atoms in total. The van der Waals surface area contributed by atoms with Crippen LogP contribution in [0, 0.1) is 5.82 Å². The number of carboxylic acid groups (broad SMARTS) is 1. The highest BCUT2D eigenvalue weighted by molar-refractivity contribution is 5.97. The summed E-state index contributed by atoms with van der Waals surface area (Å²) in [5.41, 5.74) is 8.30. The Balaban J connectivity index is 0.000000956. The van der Waals surface area contributed by atoms with E-state index in [1.165, 1.54) is 13.2 Å². The first-order valence-electron chi connectivity index (χ1n) is 16.1. The number of carbonyl (C=O) groups is 4. The van der Waals surface area contributed by atoms with E-state index in [4.69, 9.17) is 24.5 Å². The molecule has 0 unspecified atom stereocenters. The Morgan fingerprint density at radius 2 is 1.84 bits per heavy atom. The number of pyridine rings is 1. The first-order chi connectivity index (χ1) is 23.6. The van der Waals surface area contributed by atoms with Gasteiger partial charge >= 0.3 is 5.97 Å². The van der Waals surface area contributed by atoms with Gasteiger partial charge in [-0.05, 0) is 43.0 Å². The van der Waals surface area contributed by atoms with E-state index in [-0.39, 0.29) is 42.9 Å². The van der Waals surface area contributed by atoms with Gasteiger partial charge in [0.05, 0.1) is 42.9 Å². The third kappa shape index (κ3) is 10.3. The van der Waals surface area contributed by atoms with Crippen LogP contribution in [0.4, 0.5) is 4.39 Å². The molecule has 4 heterocycles. The number of methoxy groups -OCH3 is 1. The first kappa shape index (κ1) is 39.8. The molecule has 4 aromatic rings. The Kier molecular flexibility index (Phi) is 16.4. The number of fused-ring (bicyclic) bond motifs is 2. The van der Waals surface area contributed by atoms with Gasteiger partial charge in [0.25, 0.3) is 6.47 Å². The van der Waals surface area contributed by atoms with E-state index in [9.17, 15) is 9.59 Å². The van der Waals surface area contributed by atoms with Crippen molar-refractivity contribution in [2.45, 2.75) is 65.3 Å². The molecule has 15 heteroatoms. The largest absolute Gasteiger partial charge is 0.483 e. The van der Waals surface area contributed by atoms with Crippen molar-refractivity contribution in [2.24, 2.45) is 12.8 Å². The van der Waals surface area contributed by atoms with Crippen LogP contribution in [-0.4, -0.2) is 86.1 Å². The zero-order chi connectivity index (χ0) is 36.5. The molecular formula is C34H47FN8O6. The predicted molar refractivity (Wildman–Crippen MR) is 185 cm³/mol. The van der Waals surface area contributed by atoms with E-state index in [0.29, 0.717) is 55.1 Å². The Bertz CT molecular complexity index is 1710. The molecule has 1 aliphatic rings. The van der Waals surface area contributed by atoms with Crippen LogP contribution >= 0.6 is 0 Å². The zero-order valence-electron chi connectivity index (χ0n) is 28.8. The fourth-order valence-corrected chi connectivity index (χ4v) is 5.58. The average Bonchev–Trinajstić information content (AvgIpc) is 3.65. The molecule has 1 saturated heterocycles.